The second kappa shape index (κ2) is 7.30. The minimum absolute atomic E-state index is 0.0513. The summed E-state index contributed by atoms with van der Waals surface area (Å²) in [6.07, 6.45) is 0.651. The van der Waals surface area contributed by atoms with E-state index in [1.165, 1.54) is 0 Å². The molecule has 1 heterocycles. The molecule has 116 valence electrons. The molecule has 0 fully saturated rings. The van der Waals surface area contributed by atoms with Gasteiger partial charge in [0.25, 0.3) is 0 Å². The molecule has 0 amide bonds. The van der Waals surface area contributed by atoms with Crippen LogP contribution in [-0.4, -0.2) is 30.5 Å². The maximum atomic E-state index is 9.12. The lowest BCUT2D eigenvalue weighted by Crippen LogP contribution is -2.27. The Morgan fingerprint density at radius 1 is 1.41 bits per heavy atom. The van der Waals surface area contributed by atoms with Gasteiger partial charge in [0.15, 0.2) is 5.89 Å². The van der Waals surface area contributed by atoms with E-state index < -0.39 is 0 Å². The first-order valence-corrected chi connectivity index (χ1v) is 7.49. The van der Waals surface area contributed by atoms with Crippen molar-refractivity contribution in [1.82, 2.24) is 9.88 Å². The van der Waals surface area contributed by atoms with Crippen LogP contribution in [0.15, 0.2) is 28.7 Å². The van der Waals surface area contributed by atoms with Gasteiger partial charge in [-0.15, -0.1) is 0 Å². The molecule has 1 aromatic carbocycles. The lowest BCUT2D eigenvalue weighted by molar-refractivity contribution is 0.310. The average Bonchev–Trinajstić information content (AvgIpc) is 2.91. The van der Waals surface area contributed by atoms with Crippen molar-refractivity contribution in [2.45, 2.75) is 19.4 Å². The molecular formula is C16H19ClN4O. The molecule has 1 N–H and O–H groups in total. The van der Waals surface area contributed by atoms with E-state index in [0.717, 1.165) is 10.6 Å². The van der Waals surface area contributed by atoms with Crippen LogP contribution in [0.25, 0.3) is 0 Å². The monoisotopic (exact) mass is 318 g/mol. The molecule has 1 aromatic heterocycles. The van der Waals surface area contributed by atoms with Crippen molar-refractivity contribution in [1.29, 1.82) is 5.26 Å². The van der Waals surface area contributed by atoms with E-state index in [1.54, 1.807) is 0 Å². The molecule has 2 rings (SSSR count). The molecule has 0 saturated carbocycles. The normalized spacial score (nSPS) is 12.2. The fourth-order valence-corrected chi connectivity index (χ4v) is 2.48. The molecule has 0 aliphatic heterocycles. The summed E-state index contributed by atoms with van der Waals surface area (Å²) in [6, 6.07) is 9.84. The molecule has 0 aliphatic rings. The number of nitrogens with zero attached hydrogens (tertiary/aromatic N) is 3. The molecule has 6 heteroatoms. The number of hydrogen-bond donors (Lipinski definition) is 1. The van der Waals surface area contributed by atoms with Crippen molar-refractivity contribution < 1.29 is 4.42 Å². The lowest BCUT2D eigenvalue weighted by atomic mass is 10.1. The summed E-state index contributed by atoms with van der Waals surface area (Å²) in [5, 5.41) is 13.0. The fraction of sp³-hybridized carbons (Fsp3) is 0.375. The van der Waals surface area contributed by atoms with Crippen LogP contribution in [0.5, 0.6) is 0 Å². The summed E-state index contributed by atoms with van der Waals surface area (Å²) in [5.74, 6) is 0.969. The molecule has 0 saturated heterocycles. The molecular weight excluding hydrogens is 300 g/mol. The summed E-state index contributed by atoms with van der Waals surface area (Å²) >= 11 is 6.29. The number of rotatable bonds is 6. The fourth-order valence-electron chi connectivity index (χ4n) is 2.22. The summed E-state index contributed by atoms with van der Waals surface area (Å²) < 4.78 is 5.55. The maximum Gasteiger partial charge on any atom is 0.232 e. The van der Waals surface area contributed by atoms with Crippen molar-refractivity contribution in [2.24, 2.45) is 0 Å². The summed E-state index contributed by atoms with van der Waals surface area (Å²) in [6.45, 7) is 2.49. The first-order valence-electron chi connectivity index (χ1n) is 7.11. The van der Waals surface area contributed by atoms with Gasteiger partial charge in [-0.3, -0.25) is 0 Å². The van der Waals surface area contributed by atoms with Gasteiger partial charge >= 0.3 is 0 Å². The highest BCUT2D eigenvalue weighted by Gasteiger charge is 2.19. The molecule has 2 aromatic rings. The van der Waals surface area contributed by atoms with E-state index in [2.05, 4.69) is 15.2 Å². The quantitative estimate of drug-likeness (QED) is 0.883. The predicted molar refractivity (Wildman–Crippen MR) is 87.0 cm³/mol. The van der Waals surface area contributed by atoms with Crippen LogP contribution < -0.4 is 5.32 Å². The molecule has 1 atom stereocenters. The van der Waals surface area contributed by atoms with Gasteiger partial charge in [-0.2, -0.15) is 5.26 Å². The predicted octanol–water partition coefficient (Wildman–Crippen LogP) is 3.48. The van der Waals surface area contributed by atoms with E-state index in [-0.39, 0.29) is 11.7 Å². The SMILES string of the molecule is CCc1nc(C#N)c(NC[C@@H](c2ccccc2Cl)N(C)C)o1. The molecule has 5 nitrogen and oxygen atoms in total. The van der Waals surface area contributed by atoms with E-state index >= 15 is 0 Å². The minimum atomic E-state index is 0.0513. The number of nitrogens with one attached hydrogen (secondary N) is 1. The molecule has 22 heavy (non-hydrogen) atoms. The first-order chi connectivity index (χ1) is 10.6. The number of benzene rings is 1. The smallest absolute Gasteiger partial charge is 0.232 e. The van der Waals surface area contributed by atoms with Crippen molar-refractivity contribution >= 4 is 17.5 Å². The third-order valence-electron chi connectivity index (χ3n) is 3.42. The van der Waals surface area contributed by atoms with Gasteiger partial charge in [0.05, 0.1) is 6.04 Å². The second-order valence-electron chi connectivity index (χ2n) is 5.13. The summed E-state index contributed by atoms with van der Waals surface area (Å²) in [5.41, 5.74) is 1.31. The second-order valence-corrected chi connectivity index (χ2v) is 5.54. The van der Waals surface area contributed by atoms with E-state index in [4.69, 9.17) is 21.3 Å². The number of aryl methyl sites for hydroxylation is 1. The summed E-state index contributed by atoms with van der Waals surface area (Å²) in [4.78, 5) is 6.20. The molecule has 0 radical (unpaired) electrons. The molecule has 0 unspecified atom stereocenters. The Bertz CT molecular complexity index is 675. The van der Waals surface area contributed by atoms with Gasteiger partial charge in [-0.05, 0) is 25.7 Å². The number of likely N-dealkylation sites (N-methyl/N-ethyl adjacent to an activating group) is 1. The van der Waals surface area contributed by atoms with Crippen LogP contribution in [-0.2, 0) is 6.42 Å². The van der Waals surface area contributed by atoms with Crippen LogP contribution in [0.1, 0.15) is 30.1 Å². The van der Waals surface area contributed by atoms with Crippen molar-refractivity contribution in [2.75, 3.05) is 26.0 Å². The van der Waals surface area contributed by atoms with Gasteiger partial charge in [0.2, 0.25) is 11.6 Å². The Balaban J connectivity index is 2.19. The summed E-state index contributed by atoms with van der Waals surface area (Å²) in [7, 11) is 3.97. The Morgan fingerprint density at radius 2 is 2.14 bits per heavy atom. The number of aromatic nitrogens is 1. The van der Waals surface area contributed by atoms with Gasteiger partial charge in [0.1, 0.15) is 6.07 Å². The van der Waals surface area contributed by atoms with E-state index in [0.29, 0.717) is 24.7 Å². The minimum Gasteiger partial charge on any atom is -0.424 e. The van der Waals surface area contributed by atoms with Crippen LogP contribution >= 0.6 is 11.6 Å². The highest BCUT2D eigenvalue weighted by Crippen LogP contribution is 2.27. The number of nitriles is 1. The zero-order valence-corrected chi connectivity index (χ0v) is 13.7. The van der Waals surface area contributed by atoms with Crippen molar-refractivity contribution in [3.05, 3.63) is 46.4 Å². The van der Waals surface area contributed by atoms with Gasteiger partial charge in [-0.1, -0.05) is 36.7 Å². The largest absolute Gasteiger partial charge is 0.424 e. The van der Waals surface area contributed by atoms with Crippen molar-refractivity contribution in [3.8, 4) is 6.07 Å². The number of halogens is 1. The maximum absolute atomic E-state index is 9.12. The Morgan fingerprint density at radius 3 is 2.73 bits per heavy atom. The van der Waals surface area contributed by atoms with Crippen LogP contribution in [0.3, 0.4) is 0 Å². The lowest BCUT2D eigenvalue weighted by Gasteiger charge is -2.25. The Kier molecular flexibility index (Phi) is 5.42. The van der Waals surface area contributed by atoms with Gasteiger partial charge < -0.3 is 14.6 Å². The van der Waals surface area contributed by atoms with E-state index in [1.807, 2.05) is 51.4 Å². The van der Waals surface area contributed by atoms with E-state index in [9.17, 15) is 0 Å². The van der Waals surface area contributed by atoms with Gasteiger partial charge in [-0.25, -0.2) is 4.98 Å². The zero-order valence-electron chi connectivity index (χ0n) is 12.9. The highest BCUT2D eigenvalue weighted by atomic mass is 35.5. The first kappa shape index (κ1) is 16.3. The molecule has 0 spiro atoms. The molecule has 0 bridgehead atoms. The van der Waals surface area contributed by atoms with Crippen LogP contribution in [0, 0.1) is 11.3 Å². The highest BCUT2D eigenvalue weighted by molar-refractivity contribution is 6.31. The topological polar surface area (TPSA) is 65.1 Å². The van der Waals surface area contributed by atoms with Crippen molar-refractivity contribution in [3.63, 3.8) is 0 Å². The Hall–Kier alpha value is -2.03. The van der Waals surface area contributed by atoms with Crippen LogP contribution in [0.4, 0.5) is 5.88 Å². The molecule has 0 aliphatic carbocycles. The Labute approximate surface area is 135 Å². The number of oxazole rings is 1. The zero-order chi connectivity index (χ0) is 16.1. The third-order valence-corrected chi connectivity index (χ3v) is 3.77. The van der Waals surface area contributed by atoms with Crippen LogP contribution in [0.2, 0.25) is 5.02 Å². The van der Waals surface area contributed by atoms with Gasteiger partial charge in [0, 0.05) is 18.0 Å². The standard InChI is InChI=1S/C16H19ClN4O/c1-4-15-20-13(9-18)16(22-15)19-10-14(21(2)3)11-7-5-6-8-12(11)17/h5-8,14,19H,4,10H2,1-3H3/t14-/m0/s1. The third kappa shape index (κ3) is 3.59. The number of anilines is 1. The number of hydrogen-bond acceptors (Lipinski definition) is 5. The average molecular weight is 319 g/mol.